The molecule has 3 rings (SSSR count). The highest BCUT2D eigenvalue weighted by Crippen LogP contribution is 2.20. The zero-order valence-corrected chi connectivity index (χ0v) is 10.2. The van der Waals surface area contributed by atoms with Gasteiger partial charge < -0.3 is 14.2 Å². The molecule has 96 valence electrons. The summed E-state index contributed by atoms with van der Waals surface area (Å²) in [5.41, 5.74) is 1.05. The highest BCUT2D eigenvalue weighted by atomic mass is 16.5. The topological polar surface area (TPSA) is 81.2 Å². The van der Waals surface area contributed by atoms with Crippen molar-refractivity contribution >= 4 is 16.9 Å². The summed E-state index contributed by atoms with van der Waals surface area (Å²) >= 11 is 0. The van der Waals surface area contributed by atoms with Gasteiger partial charge in [-0.25, -0.2) is 4.79 Å². The van der Waals surface area contributed by atoms with Crippen LogP contribution in [-0.4, -0.2) is 25.8 Å². The first kappa shape index (κ1) is 11.5. The van der Waals surface area contributed by atoms with Gasteiger partial charge in [0, 0.05) is 17.8 Å². The molecule has 3 aromatic rings. The van der Waals surface area contributed by atoms with Crippen LogP contribution in [0.5, 0.6) is 0 Å². The predicted octanol–water partition coefficient (Wildman–Crippen LogP) is 2.08. The number of aromatic nitrogens is 3. The first-order chi connectivity index (χ1) is 9.15. The molecule has 0 bridgehead atoms. The van der Waals surface area contributed by atoms with E-state index in [4.69, 9.17) is 4.52 Å². The lowest BCUT2D eigenvalue weighted by Crippen LogP contribution is -2.10. The minimum atomic E-state index is -0.976. The average Bonchev–Trinajstić information content (AvgIpc) is 2.95. The molecule has 0 aliphatic carbocycles. The standard InChI is InChI=1S/C13H11N3O3/c1-8-14-12(15-19-8)7-16-10-5-3-2-4-9(10)6-11(16)13(17)18/h2-6H,7H2,1H3,(H,17,18). The molecule has 0 radical (unpaired) electrons. The van der Waals surface area contributed by atoms with E-state index in [1.807, 2.05) is 24.3 Å². The number of nitrogens with zero attached hydrogens (tertiary/aromatic N) is 3. The molecule has 2 aromatic heterocycles. The zero-order valence-electron chi connectivity index (χ0n) is 10.2. The van der Waals surface area contributed by atoms with Crippen LogP contribution in [0, 0.1) is 6.92 Å². The second-order valence-corrected chi connectivity index (χ2v) is 4.21. The fraction of sp³-hybridized carbons (Fsp3) is 0.154. The van der Waals surface area contributed by atoms with Gasteiger partial charge in [0.05, 0.1) is 6.54 Å². The number of carboxylic acids is 1. The van der Waals surface area contributed by atoms with Crippen LogP contribution in [0.2, 0.25) is 0 Å². The van der Waals surface area contributed by atoms with Crippen LogP contribution in [0.3, 0.4) is 0 Å². The lowest BCUT2D eigenvalue weighted by Gasteiger charge is -2.04. The maximum absolute atomic E-state index is 11.3. The molecular formula is C13H11N3O3. The Balaban J connectivity index is 2.14. The normalized spacial score (nSPS) is 11.0. The molecule has 0 amide bonds. The van der Waals surface area contributed by atoms with Gasteiger partial charge in [-0.1, -0.05) is 23.4 Å². The maximum atomic E-state index is 11.3. The molecule has 2 heterocycles. The summed E-state index contributed by atoms with van der Waals surface area (Å²) in [5.74, 6) is -0.0545. The van der Waals surface area contributed by atoms with Gasteiger partial charge in [-0.2, -0.15) is 4.98 Å². The van der Waals surface area contributed by atoms with E-state index >= 15 is 0 Å². The molecule has 0 atom stereocenters. The van der Waals surface area contributed by atoms with Crippen molar-refractivity contribution in [3.8, 4) is 0 Å². The van der Waals surface area contributed by atoms with Crippen molar-refractivity contribution in [3.05, 3.63) is 47.7 Å². The second-order valence-electron chi connectivity index (χ2n) is 4.21. The Kier molecular flexibility index (Phi) is 2.56. The van der Waals surface area contributed by atoms with Gasteiger partial charge in [-0.05, 0) is 12.1 Å². The Morgan fingerprint density at radius 1 is 1.42 bits per heavy atom. The minimum absolute atomic E-state index is 0.212. The van der Waals surface area contributed by atoms with E-state index < -0.39 is 5.97 Å². The van der Waals surface area contributed by atoms with Gasteiger partial charge >= 0.3 is 5.97 Å². The molecule has 0 aliphatic heterocycles. The molecule has 0 fully saturated rings. The molecule has 19 heavy (non-hydrogen) atoms. The Morgan fingerprint density at radius 2 is 2.21 bits per heavy atom. The predicted molar refractivity (Wildman–Crippen MR) is 67.0 cm³/mol. The van der Waals surface area contributed by atoms with Crippen LogP contribution in [-0.2, 0) is 6.54 Å². The Hall–Kier alpha value is -2.63. The van der Waals surface area contributed by atoms with Crippen molar-refractivity contribution in [2.24, 2.45) is 0 Å². The van der Waals surface area contributed by atoms with Gasteiger partial charge in [0.15, 0.2) is 5.82 Å². The molecule has 6 heteroatoms. The van der Waals surface area contributed by atoms with Crippen molar-refractivity contribution in [2.45, 2.75) is 13.5 Å². The Morgan fingerprint density at radius 3 is 2.89 bits per heavy atom. The Labute approximate surface area is 108 Å². The van der Waals surface area contributed by atoms with E-state index in [2.05, 4.69) is 10.1 Å². The molecule has 6 nitrogen and oxygen atoms in total. The van der Waals surface area contributed by atoms with Gasteiger partial charge in [-0.3, -0.25) is 0 Å². The maximum Gasteiger partial charge on any atom is 0.352 e. The fourth-order valence-electron chi connectivity index (χ4n) is 2.10. The number of aromatic carboxylic acids is 1. The van der Waals surface area contributed by atoms with E-state index in [9.17, 15) is 9.90 Å². The molecular weight excluding hydrogens is 246 g/mol. The third-order valence-electron chi connectivity index (χ3n) is 2.90. The van der Waals surface area contributed by atoms with E-state index in [0.717, 1.165) is 10.9 Å². The summed E-state index contributed by atoms with van der Waals surface area (Å²) in [6, 6.07) is 9.13. The molecule has 0 saturated heterocycles. The van der Waals surface area contributed by atoms with Gasteiger partial charge in [0.1, 0.15) is 5.69 Å². The molecule has 0 aliphatic rings. The molecule has 0 unspecified atom stereocenters. The largest absolute Gasteiger partial charge is 0.477 e. The van der Waals surface area contributed by atoms with Gasteiger partial charge in [0.2, 0.25) is 5.89 Å². The number of para-hydroxylation sites is 1. The molecule has 0 spiro atoms. The fourth-order valence-corrected chi connectivity index (χ4v) is 2.10. The number of hydrogen-bond acceptors (Lipinski definition) is 4. The van der Waals surface area contributed by atoms with E-state index in [-0.39, 0.29) is 12.2 Å². The number of carboxylic acid groups (broad SMARTS) is 1. The number of fused-ring (bicyclic) bond motifs is 1. The van der Waals surface area contributed by atoms with E-state index in [1.54, 1.807) is 17.6 Å². The number of hydrogen-bond donors (Lipinski definition) is 1. The van der Waals surface area contributed by atoms with Gasteiger partial charge in [-0.15, -0.1) is 0 Å². The van der Waals surface area contributed by atoms with Crippen LogP contribution >= 0.6 is 0 Å². The summed E-state index contributed by atoms with van der Waals surface area (Å²) in [4.78, 5) is 15.4. The number of rotatable bonds is 3. The van der Waals surface area contributed by atoms with Crippen LogP contribution < -0.4 is 0 Å². The van der Waals surface area contributed by atoms with Gasteiger partial charge in [0.25, 0.3) is 0 Å². The summed E-state index contributed by atoms with van der Waals surface area (Å²) in [7, 11) is 0. The van der Waals surface area contributed by atoms with Crippen LogP contribution in [0.4, 0.5) is 0 Å². The molecule has 0 saturated carbocycles. The highest BCUT2D eigenvalue weighted by molar-refractivity contribution is 5.94. The van der Waals surface area contributed by atoms with Crippen LogP contribution in [0.25, 0.3) is 10.9 Å². The number of carbonyl (C=O) groups is 1. The summed E-state index contributed by atoms with van der Waals surface area (Å²) in [6.45, 7) is 1.97. The SMILES string of the molecule is Cc1nc(Cn2c(C(=O)O)cc3ccccc32)no1. The van der Waals surface area contributed by atoms with Crippen LogP contribution in [0.15, 0.2) is 34.9 Å². The number of aryl methyl sites for hydroxylation is 1. The van der Waals surface area contributed by atoms with Crippen molar-refractivity contribution < 1.29 is 14.4 Å². The lowest BCUT2D eigenvalue weighted by atomic mass is 10.2. The third kappa shape index (κ3) is 1.97. The van der Waals surface area contributed by atoms with Crippen molar-refractivity contribution in [3.63, 3.8) is 0 Å². The Bertz CT molecular complexity index is 757. The zero-order chi connectivity index (χ0) is 13.4. The monoisotopic (exact) mass is 257 g/mol. The first-order valence-corrected chi connectivity index (χ1v) is 5.76. The minimum Gasteiger partial charge on any atom is -0.477 e. The van der Waals surface area contributed by atoms with Crippen molar-refractivity contribution in [2.75, 3.05) is 0 Å². The first-order valence-electron chi connectivity index (χ1n) is 5.76. The summed E-state index contributed by atoms with van der Waals surface area (Å²) < 4.78 is 6.57. The van der Waals surface area contributed by atoms with Crippen LogP contribution in [0.1, 0.15) is 22.2 Å². The number of benzene rings is 1. The van der Waals surface area contributed by atoms with E-state index in [0.29, 0.717) is 11.7 Å². The smallest absolute Gasteiger partial charge is 0.352 e. The summed E-state index contributed by atoms with van der Waals surface area (Å²) in [6.07, 6.45) is 0. The quantitative estimate of drug-likeness (QED) is 0.776. The molecule has 1 aromatic carbocycles. The van der Waals surface area contributed by atoms with E-state index in [1.165, 1.54) is 0 Å². The molecule has 1 N–H and O–H groups in total. The van der Waals surface area contributed by atoms with Crippen molar-refractivity contribution in [1.82, 2.24) is 14.7 Å². The summed E-state index contributed by atoms with van der Waals surface area (Å²) in [5, 5.41) is 13.9. The third-order valence-corrected chi connectivity index (χ3v) is 2.90. The lowest BCUT2D eigenvalue weighted by molar-refractivity contribution is 0.0686. The average molecular weight is 257 g/mol. The highest BCUT2D eigenvalue weighted by Gasteiger charge is 2.16. The second kappa shape index (κ2) is 4.24. The van der Waals surface area contributed by atoms with Crippen molar-refractivity contribution in [1.29, 1.82) is 0 Å².